The topological polar surface area (TPSA) is 110 Å². The Morgan fingerprint density at radius 3 is 2.90 bits per heavy atom. The number of carbonyl (C=O) groups is 1. The zero-order chi connectivity index (χ0) is 14.7. The van der Waals surface area contributed by atoms with Crippen LogP contribution in [-0.4, -0.2) is 28.0 Å². The maximum Gasteiger partial charge on any atom is 0.342 e. The third-order valence-corrected chi connectivity index (χ3v) is 2.69. The number of furan rings is 1. The summed E-state index contributed by atoms with van der Waals surface area (Å²) >= 11 is 0. The largest absolute Gasteiger partial charge is 0.477 e. The Labute approximate surface area is 113 Å². The fourth-order valence-electron chi connectivity index (χ4n) is 1.70. The highest BCUT2D eigenvalue weighted by Gasteiger charge is 2.22. The van der Waals surface area contributed by atoms with E-state index in [9.17, 15) is 14.9 Å². The van der Waals surface area contributed by atoms with Crippen molar-refractivity contribution in [3.8, 4) is 0 Å². The van der Waals surface area contributed by atoms with Crippen molar-refractivity contribution in [2.24, 2.45) is 0 Å². The molecule has 8 heteroatoms. The van der Waals surface area contributed by atoms with Crippen molar-refractivity contribution >= 4 is 17.5 Å². The summed E-state index contributed by atoms with van der Waals surface area (Å²) in [4.78, 5) is 26.6. The Hall–Kier alpha value is -2.90. The van der Waals surface area contributed by atoms with E-state index in [1.807, 2.05) is 0 Å². The highest BCUT2D eigenvalue weighted by Crippen LogP contribution is 2.22. The van der Waals surface area contributed by atoms with Crippen molar-refractivity contribution < 1.29 is 19.2 Å². The van der Waals surface area contributed by atoms with E-state index < -0.39 is 16.6 Å². The number of aromatic carboxylic acids is 1. The number of rotatable bonds is 5. The van der Waals surface area contributed by atoms with Gasteiger partial charge in [-0.1, -0.05) is 0 Å². The molecule has 2 aromatic rings. The molecule has 0 amide bonds. The second-order valence-electron chi connectivity index (χ2n) is 4.11. The lowest BCUT2D eigenvalue weighted by atomic mass is 10.2. The molecule has 0 saturated carbocycles. The van der Waals surface area contributed by atoms with Gasteiger partial charge in [-0.2, -0.15) is 0 Å². The van der Waals surface area contributed by atoms with Gasteiger partial charge in [-0.3, -0.25) is 10.1 Å². The van der Waals surface area contributed by atoms with Gasteiger partial charge in [-0.05, 0) is 6.07 Å². The molecule has 0 aliphatic carbocycles. The molecule has 0 bridgehead atoms. The van der Waals surface area contributed by atoms with Crippen molar-refractivity contribution in [2.75, 3.05) is 11.9 Å². The third-order valence-electron chi connectivity index (χ3n) is 2.69. The Kier molecular flexibility index (Phi) is 3.65. The van der Waals surface area contributed by atoms with Gasteiger partial charge in [0.05, 0.1) is 17.4 Å². The number of hydrogen-bond acceptors (Lipinski definition) is 6. The Bertz CT molecular complexity index is 639. The third kappa shape index (κ3) is 2.74. The molecule has 0 aliphatic rings. The van der Waals surface area contributed by atoms with E-state index in [2.05, 4.69) is 4.98 Å². The normalized spacial score (nSPS) is 10.2. The van der Waals surface area contributed by atoms with E-state index in [-0.39, 0.29) is 5.56 Å². The highest BCUT2D eigenvalue weighted by atomic mass is 16.6. The lowest BCUT2D eigenvalue weighted by Gasteiger charge is -2.17. The summed E-state index contributed by atoms with van der Waals surface area (Å²) in [5.74, 6) is -1.04. The number of aromatic nitrogens is 1. The molecule has 0 atom stereocenters. The molecule has 0 unspecified atom stereocenters. The second-order valence-corrected chi connectivity index (χ2v) is 4.11. The fourth-order valence-corrected chi connectivity index (χ4v) is 1.70. The summed E-state index contributed by atoms with van der Waals surface area (Å²) in [7, 11) is 1.70. The van der Waals surface area contributed by atoms with Gasteiger partial charge in [0.1, 0.15) is 17.6 Å². The van der Waals surface area contributed by atoms with Crippen LogP contribution in [0.2, 0.25) is 0 Å². The average molecular weight is 277 g/mol. The van der Waals surface area contributed by atoms with E-state index in [4.69, 9.17) is 9.52 Å². The number of carboxylic acid groups (broad SMARTS) is 1. The van der Waals surface area contributed by atoms with E-state index in [1.165, 1.54) is 12.3 Å². The number of nitrogens with zero attached hydrogens (tertiary/aromatic N) is 3. The van der Waals surface area contributed by atoms with Gasteiger partial charge < -0.3 is 14.4 Å². The molecule has 0 aromatic carbocycles. The van der Waals surface area contributed by atoms with Crippen molar-refractivity contribution in [1.82, 2.24) is 4.98 Å². The number of hydrogen-bond donors (Lipinski definition) is 1. The molecule has 0 saturated heterocycles. The van der Waals surface area contributed by atoms with E-state index in [1.54, 1.807) is 24.3 Å². The van der Waals surface area contributed by atoms with Gasteiger partial charge in [0, 0.05) is 25.2 Å². The van der Waals surface area contributed by atoms with E-state index in [0.29, 0.717) is 12.4 Å². The first-order valence-electron chi connectivity index (χ1n) is 5.59. The molecule has 0 spiro atoms. The van der Waals surface area contributed by atoms with Crippen LogP contribution in [0.5, 0.6) is 0 Å². The van der Waals surface area contributed by atoms with Crippen LogP contribution in [0.25, 0.3) is 0 Å². The van der Waals surface area contributed by atoms with Gasteiger partial charge >= 0.3 is 11.7 Å². The van der Waals surface area contributed by atoms with Crippen molar-refractivity contribution in [1.29, 1.82) is 0 Å². The Morgan fingerprint density at radius 1 is 1.60 bits per heavy atom. The van der Waals surface area contributed by atoms with Crippen LogP contribution in [0.1, 0.15) is 15.9 Å². The zero-order valence-electron chi connectivity index (χ0n) is 10.5. The molecule has 0 aliphatic heterocycles. The molecule has 2 aromatic heterocycles. The molecule has 1 N–H and O–H groups in total. The summed E-state index contributed by atoms with van der Waals surface area (Å²) in [6.07, 6.45) is 4.03. The maximum atomic E-state index is 11.1. The first-order chi connectivity index (χ1) is 9.49. The van der Waals surface area contributed by atoms with Crippen LogP contribution in [0.4, 0.5) is 11.5 Å². The number of pyridine rings is 1. The van der Waals surface area contributed by atoms with Gasteiger partial charge in [0.2, 0.25) is 0 Å². The van der Waals surface area contributed by atoms with E-state index >= 15 is 0 Å². The molecule has 2 heterocycles. The lowest BCUT2D eigenvalue weighted by molar-refractivity contribution is -0.385. The quantitative estimate of drug-likeness (QED) is 0.656. The van der Waals surface area contributed by atoms with Crippen LogP contribution < -0.4 is 4.90 Å². The van der Waals surface area contributed by atoms with Crippen LogP contribution in [-0.2, 0) is 6.54 Å². The number of anilines is 1. The predicted octanol–water partition coefficient (Wildman–Crippen LogP) is 1.92. The smallest absolute Gasteiger partial charge is 0.342 e. The summed E-state index contributed by atoms with van der Waals surface area (Å²) in [5, 5.41) is 19.8. The maximum absolute atomic E-state index is 11.1. The second kappa shape index (κ2) is 5.39. The number of nitro groups is 1. The molecule has 8 nitrogen and oxygen atoms in total. The molecule has 2 rings (SSSR count). The van der Waals surface area contributed by atoms with Gasteiger partial charge in [-0.15, -0.1) is 0 Å². The zero-order valence-corrected chi connectivity index (χ0v) is 10.5. The summed E-state index contributed by atoms with van der Waals surface area (Å²) in [6, 6.07) is 2.94. The van der Waals surface area contributed by atoms with Crippen molar-refractivity contribution in [2.45, 2.75) is 6.54 Å². The Balaban J connectivity index is 2.31. The predicted molar refractivity (Wildman–Crippen MR) is 68.7 cm³/mol. The molecular weight excluding hydrogens is 266 g/mol. The van der Waals surface area contributed by atoms with Gasteiger partial charge in [0.15, 0.2) is 0 Å². The fraction of sp³-hybridized carbons (Fsp3) is 0.167. The highest BCUT2D eigenvalue weighted by molar-refractivity contribution is 5.93. The SMILES string of the molecule is CN(Cc1ccoc1)c1cc(C(=O)O)c([N+](=O)[O-])cn1. The average Bonchev–Trinajstić information content (AvgIpc) is 2.90. The standard InChI is InChI=1S/C12H11N3O5/c1-14(6-8-2-3-20-7-8)11-4-9(12(16)17)10(5-13-11)15(18)19/h2-5,7H,6H2,1H3,(H,16,17). The van der Waals surface area contributed by atoms with Gasteiger partial charge in [0.25, 0.3) is 0 Å². The minimum Gasteiger partial charge on any atom is -0.477 e. The molecule has 20 heavy (non-hydrogen) atoms. The van der Waals surface area contributed by atoms with Crippen LogP contribution >= 0.6 is 0 Å². The molecule has 0 fully saturated rings. The molecular formula is C12H11N3O5. The van der Waals surface area contributed by atoms with E-state index in [0.717, 1.165) is 11.8 Å². The van der Waals surface area contributed by atoms with Gasteiger partial charge in [-0.25, -0.2) is 9.78 Å². The summed E-state index contributed by atoms with van der Waals surface area (Å²) < 4.78 is 4.93. The van der Waals surface area contributed by atoms with Crippen molar-refractivity contribution in [3.05, 3.63) is 52.1 Å². The van der Waals surface area contributed by atoms with Crippen molar-refractivity contribution in [3.63, 3.8) is 0 Å². The monoisotopic (exact) mass is 277 g/mol. The summed E-state index contributed by atoms with van der Waals surface area (Å²) in [6.45, 7) is 0.445. The Morgan fingerprint density at radius 2 is 2.35 bits per heavy atom. The minimum absolute atomic E-state index is 0.328. The van der Waals surface area contributed by atoms with Crippen LogP contribution in [0.15, 0.2) is 35.3 Å². The van der Waals surface area contributed by atoms with Crippen LogP contribution in [0.3, 0.4) is 0 Å². The van der Waals surface area contributed by atoms with Crippen LogP contribution in [0, 0.1) is 10.1 Å². The first-order valence-corrected chi connectivity index (χ1v) is 5.59. The minimum atomic E-state index is -1.36. The molecule has 104 valence electrons. The summed E-state index contributed by atoms with van der Waals surface area (Å²) in [5.41, 5.74) is -0.0402. The molecule has 0 radical (unpaired) electrons. The lowest BCUT2D eigenvalue weighted by Crippen LogP contribution is -2.18. The first kappa shape index (κ1) is 13.5. The number of carboxylic acids is 1.